The second-order valence-electron chi connectivity index (χ2n) is 7.54. The summed E-state index contributed by atoms with van der Waals surface area (Å²) in [4.78, 5) is 38.5. The van der Waals surface area contributed by atoms with Crippen LogP contribution in [-0.4, -0.2) is 46.0 Å². The zero-order chi connectivity index (χ0) is 21.1. The molecule has 1 saturated heterocycles. The summed E-state index contributed by atoms with van der Waals surface area (Å²) in [5, 5.41) is 0. The number of hydrogen-bond acceptors (Lipinski definition) is 5. The smallest absolute Gasteiger partial charge is 0.251 e. The van der Waals surface area contributed by atoms with Crippen molar-refractivity contribution in [2.24, 2.45) is 0 Å². The lowest BCUT2D eigenvalue weighted by atomic mass is 10.0. The van der Waals surface area contributed by atoms with Gasteiger partial charge in [0, 0.05) is 31.3 Å². The van der Waals surface area contributed by atoms with Gasteiger partial charge in [-0.3, -0.25) is 14.6 Å². The standard InChI is InChI=1S/C23H24N4O3/c1-15-11-16(6-7-20(15)30-2)12-22(29)27-10-8-17(14-27)19-13-21(28)26-23(25-19)18-5-3-4-9-24-18/h3-7,9,11,13,17H,8,10,12,14H2,1-2H3,(H,25,26,28). The number of carbonyl (C=O) groups is 1. The summed E-state index contributed by atoms with van der Waals surface area (Å²) in [6.07, 6.45) is 2.80. The Balaban J connectivity index is 1.47. The summed E-state index contributed by atoms with van der Waals surface area (Å²) >= 11 is 0. The zero-order valence-electron chi connectivity index (χ0n) is 17.1. The van der Waals surface area contributed by atoms with Crippen LogP contribution in [0.15, 0.2) is 53.5 Å². The number of nitrogens with one attached hydrogen (secondary N) is 1. The number of aryl methyl sites for hydroxylation is 1. The van der Waals surface area contributed by atoms with Crippen molar-refractivity contribution in [1.82, 2.24) is 19.9 Å². The molecule has 3 aromatic rings. The van der Waals surface area contributed by atoms with Gasteiger partial charge in [0.25, 0.3) is 5.56 Å². The Bertz CT molecular complexity index is 1110. The second-order valence-corrected chi connectivity index (χ2v) is 7.54. The summed E-state index contributed by atoms with van der Waals surface area (Å²) in [5.41, 5.74) is 3.09. The number of benzene rings is 1. The minimum atomic E-state index is -0.209. The van der Waals surface area contributed by atoms with Crippen LogP contribution in [0, 0.1) is 6.92 Å². The van der Waals surface area contributed by atoms with E-state index in [1.165, 1.54) is 6.07 Å². The number of amides is 1. The molecule has 1 N–H and O–H groups in total. The average Bonchev–Trinajstić information content (AvgIpc) is 3.25. The lowest BCUT2D eigenvalue weighted by Gasteiger charge is -2.17. The van der Waals surface area contributed by atoms with Gasteiger partial charge in [-0.1, -0.05) is 18.2 Å². The van der Waals surface area contributed by atoms with Crippen molar-refractivity contribution in [3.8, 4) is 17.3 Å². The van der Waals surface area contributed by atoms with E-state index in [-0.39, 0.29) is 17.4 Å². The molecule has 1 aliphatic heterocycles. The van der Waals surface area contributed by atoms with Gasteiger partial charge in [0.15, 0.2) is 5.82 Å². The van der Waals surface area contributed by atoms with Gasteiger partial charge >= 0.3 is 0 Å². The number of likely N-dealkylation sites (tertiary alicyclic amines) is 1. The van der Waals surface area contributed by atoms with Crippen LogP contribution in [0.25, 0.3) is 11.5 Å². The SMILES string of the molecule is COc1ccc(CC(=O)N2CCC(c3cc(=O)[nH]c(-c4ccccn4)n3)C2)cc1C. The number of carbonyl (C=O) groups excluding carboxylic acids is 1. The first-order valence-corrected chi connectivity index (χ1v) is 9.97. The molecule has 7 heteroatoms. The molecule has 7 nitrogen and oxygen atoms in total. The van der Waals surface area contributed by atoms with Crippen molar-refractivity contribution in [3.05, 3.63) is 75.8 Å². The van der Waals surface area contributed by atoms with E-state index in [0.717, 1.165) is 23.3 Å². The zero-order valence-corrected chi connectivity index (χ0v) is 17.1. The monoisotopic (exact) mass is 404 g/mol. The molecule has 2 aromatic heterocycles. The number of aromatic amines is 1. The van der Waals surface area contributed by atoms with Crippen molar-refractivity contribution in [2.45, 2.75) is 25.7 Å². The molecule has 1 amide bonds. The lowest BCUT2D eigenvalue weighted by Crippen LogP contribution is -2.30. The van der Waals surface area contributed by atoms with Crippen LogP contribution in [0.5, 0.6) is 5.75 Å². The number of methoxy groups -OCH3 is 1. The number of rotatable bonds is 5. The molecule has 3 heterocycles. The average molecular weight is 404 g/mol. The first-order chi connectivity index (χ1) is 14.5. The van der Waals surface area contributed by atoms with Crippen molar-refractivity contribution in [3.63, 3.8) is 0 Å². The number of aromatic nitrogens is 3. The van der Waals surface area contributed by atoms with Gasteiger partial charge in [-0.15, -0.1) is 0 Å². The maximum absolute atomic E-state index is 12.8. The number of pyridine rings is 1. The van der Waals surface area contributed by atoms with Crippen LogP contribution in [0.1, 0.15) is 29.2 Å². The minimum Gasteiger partial charge on any atom is -0.496 e. The number of hydrogen-bond donors (Lipinski definition) is 1. The van der Waals surface area contributed by atoms with Crippen molar-refractivity contribution in [1.29, 1.82) is 0 Å². The highest BCUT2D eigenvalue weighted by Gasteiger charge is 2.29. The molecular weight excluding hydrogens is 380 g/mol. The molecule has 0 saturated carbocycles. The van der Waals surface area contributed by atoms with Gasteiger partial charge in [-0.2, -0.15) is 0 Å². The van der Waals surface area contributed by atoms with Crippen LogP contribution in [0.2, 0.25) is 0 Å². The fraction of sp³-hybridized carbons (Fsp3) is 0.304. The van der Waals surface area contributed by atoms with E-state index < -0.39 is 0 Å². The predicted octanol–water partition coefficient (Wildman–Crippen LogP) is 2.71. The van der Waals surface area contributed by atoms with Gasteiger partial charge in [-0.05, 0) is 42.7 Å². The second kappa shape index (κ2) is 8.49. The quantitative estimate of drug-likeness (QED) is 0.706. The van der Waals surface area contributed by atoms with Gasteiger partial charge in [-0.25, -0.2) is 4.98 Å². The van der Waals surface area contributed by atoms with Crippen LogP contribution < -0.4 is 10.3 Å². The highest BCUT2D eigenvalue weighted by Crippen LogP contribution is 2.27. The molecule has 1 fully saturated rings. The summed E-state index contributed by atoms with van der Waals surface area (Å²) in [7, 11) is 1.64. The molecule has 0 aliphatic carbocycles. The van der Waals surface area contributed by atoms with E-state index in [9.17, 15) is 9.59 Å². The highest BCUT2D eigenvalue weighted by atomic mass is 16.5. The third-order valence-electron chi connectivity index (χ3n) is 5.44. The molecule has 1 unspecified atom stereocenters. The molecule has 1 atom stereocenters. The van der Waals surface area contributed by atoms with E-state index in [0.29, 0.717) is 36.7 Å². The lowest BCUT2D eigenvalue weighted by molar-refractivity contribution is -0.129. The molecule has 154 valence electrons. The Morgan fingerprint density at radius 2 is 2.13 bits per heavy atom. The Morgan fingerprint density at radius 3 is 2.87 bits per heavy atom. The van der Waals surface area contributed by atoms with Gasteiger partial charge in [0.1, 0.15) is 11.4 Å². The van der Waals surface area contributed by atoms with Crippen LogP contribution in [0.3, 0.4) is 0 Å². The van der Waals surface area contributed by atoms with Crippen LogP contribution in [0.4, 0.5) is 0 Å². The first-order valence-electron chi connectivity index (χ1n) is 9.97. The molecule has 0 spiro atoms. The Labute approximate surface area is 174 Å². The molecule has 4 rings (SSSR count). The number of H-pyrrole nitrogens is 1. The molecule has 1 aromatic carbocycles. The summed E-state index contributed by atoms with van der Waals surface area (Å²) in [6, 6.07) is 12.8. The van der Waals surface area contributed by atoms with Crippen molar-refractivity contribution in [2.75, 3.05) is 20.2 Å². The molecule has 0 radical (unpaired) electrons. The van der Waals surface area contributed by atoms with Crippen molar-refractivity contribution >= 4 is 5.91 Å². The minimum absolute atomic E-state index is 0.0383. The fourth-order valence-electron chi connectivity index (χ4n) is 3.87. The van der Waals surface area contributed by atoms with Gasteiger partial charge in [0.05, 0.1) is 19.2 Å². The third kappa shape index (κ3) is 4.25. The van der Waals surface area contributed by atoms with E-state index in [2.05, 4.69) is 15.0 Å². The van der Waals surface area contributed by atoms with E-state index in [4.69, 9.17) is 4.74 Å². The van der Waals surface area contributed by atoms with Crippen LogP contribution in [-0.2, 0) is 11.2 Å². The summed E-state index contributed by atoms with van der Waals surface area (Å²) in [6.45, 7) is 3.19. The van der Waals surface area contributed by atoms with E-state index in [1.54, 1.807) is 13.3 Å². The molecule has 30 heavy (non-hydrogen) atoms. The van der Waals surface area contributed by atoms with E-state index in [1.807, 2.05) is 48.2 Å². The molecule has 0 bridgehead atoms. The van der Waals surface area contributed by atoms with Crippen molar-refractivity contribution < 1.29 is 9.53 Å². The maximum Gasteiger partial charge on any atom is 0.251 e. The number of ether oxygens (including phenoxy) is 1. The Hall–Kier alpha value is -3.48. The molecular formula is C23H24N4O3. The summed E-state index contributed by atoms with van der Waals surface area (Å²) in [5.74, 6) is 1.39. The molecule has 1 aliphatic rings. The normalized spacial score (nSPS) is 15.9. The van der Waals surface area contributed by atoms with Crippen LogP contribution >= 0.6 is 0 Å². The van der Waals surface area contributed by atoms with Gasteiger partial charge < -0.3 is 14.6 Å². The maximum atomic E-state index is 12.8. The highest BCUT2D eigenvalue weighted by molar-refractivity contribution is 5.79. The third-order valence-corrected chi connectivity index (χ3v) is 5.44. The largest absolute Gasteiger partial charge is 0.496 e. The topological polar surface area (TPSA) is 88.2 Å². The van der Waals surface area contributed by atoms with Gasteiger partial charge in [0.2, 0.25) is 5.91 Å². The summed E-state index contributed by atoms with van der Waals surface area (Å²) < 4.78 is 5.28. The predicted molar refractivity (Wildman–Crippen MR) is 113 cm³/mol. The fourth-order valence-corrected chi connectivity index (χ4v) is 3.87. The van der Waals surface area contributed by atoms with E-state index >= 15 is 0 Å². The Morgan fingerprint density at radius 1 is 1.27 bits per heavy atom. The Kier molecular flexibility index (Phi) is 5.61. The number of nitrogens with zero attached hydrogens (tertiary/aromatic N) is 3. The first kappa shape index (κ1) is 19.8.